The molecule has 0 saturated carbocycles. The highest BCUT2D eigenvalue weighted by Gasteiger charge is 2.09. The lowest BCUT2D eigenvalue weighted by molar-refractivity contribution is 0.622. The Morgan fingerprint density at radius 3 is 2.82 bits per heavy atom. The SMILES string of the molecule is Cc1nn(C)c(CNCc2cccnc2)c1Br. The molecule has 2 aromatic rings. The highest BCUT2D eigenvalue weighted by atomic mass is 79.9. The van der Waals surface area contributed by atoms with Crippen LogP contribution < -0.4 is 5.32 Å². The van der Waals surface area contributed by atoms with Crippen molar-refractivity contribution in [3.63, 3.8) is 0 Å². The lowest BCUT2D eigenvalue weighted by Gasteiger charge is -2.05. The van der Waals surface area contributed by atoms with E-state index in [4.69, 9.17) is 0 Å². The average molecular weight is 295 g/mol. The largest absolute Gasteiger partial charge is 0.307 e. The summed E-state index contributed by atoms with van der Waals surface area (Å²) in [5.74, 6) is 0. The van der Waals surface area contributed by atoms with Gasteiger partial charge < -0.3 is 5.32 Å². The minimum Gasteiger partial charge on any atom is -0.307 e. The van der Waals surface area contributed by atoms with E-state index in [1.165, 1.54) is 5.56 Å². The number of aromatic nitrogens is 3. The molecule has 17 heavy (non-hydrogen) atoms. The van der Waals surface area contributed by atoms with Crippen LogP contribution in [0.4, 0.5) is 0 Å². The first kappa shape index (κ1) is 12.3. The maximum Gasteiger partial charge on any atom is 0.0739 e. The first-order valence-corrected chi connectivity index (χ1v) is 6.25. The molecule has 0 bridgehead atoms. The summed E-state index contributed by atoms with van der Waals surface area (Å²) in [5, 5.41) is 7.74. The molecule has 0 aromatic carbocycles. The number of halogens is 1. The van der Waals surface area contributed by atoms with Crippen molar-refractivity contribution in [1.82, 2.24) is 20.1 Å². The molecule has 5 heteroatoms. The summed E-state index contributed by atoms with van der Waals surface area (Å²) in [6.07, 6.45) is 3.65. The molecule has 1 N–H and O–H groups in total. The lowest BCUT2D eigenvalue weighted by Crippen LogP contribution is -2.15. The predicted octanol–water partition coefficient (Wildman–Crippen LogP) is 2.18. The van der Waals surface area contributed by atoms with Gasteiger partial charge in [-0.3, -0.25) is 9.67 Å². The summed E-state index contributed by atoms with van der Waals surface area (Å²) in [6.45, 7) is 3.59. The molecular formula is C12H15BrN4. The Morgan fingerprint density at radius 2 is 2.24 bits per heavy atom. The van der Waals surface area contributed by atoms with Crippen LogP contribution in [0.25, 0.3) is 0 Å². The summed E-state index contributed by atoms with van der Waals surface area (Å²) in [5.41, 5.74) is 3.36. The fourth-order valence-corrected chi connectivity index (χ4v) is 2.18. The second-order valence-electron chi connectivity index (χ2n) is 3.93. The molecule has 4 nitrogen and oxygen atoms in total. The van der Waals surface area contributed by atoms with Gasteiger partial charge in [-0.2, -0.15) is 5.10 Å². The normalized spacial score (nSPS) is 10.8. The van der Waals surface area contributed by atoms with Crippen LogP contribution in [0.1, 0.15) is 17.0 Å². The van der Waals surface area contributed by atoms with E-state index < -0.39 is 0 Å². The zero-order chi connectivity index (χ0) is 12.3. The average Bonchev–Trinajstić information content (AvgIpc) is 2.57. The van der Waals surface area contributed by atoms with Gasteiger partial charge in [-0.05, 0) is 34.5 Å². The number of pyridine rings is 1. The summed E-state index contributed by atoms with van der Waals surface area (Å²) in [7, 11) is 1.96. The summed E-state index contributed by atoms with van der Waals surface area (Å²) >= 11 is 3.55. The molecule has 0 unspecified atom stereocenters. The molecule has 0 aliphatic heterocycles. The van der Waals surface area contributed by atoms with Crippen LogP contribution in [0.3, 0.4) is 0 Å². The lowest BCUT2D eigenvalue weighted by atomic mass is 10.3. The van der Waals surface area contributed by atoms with Gasteiger partial charge in [-0.25, -0.2) is 0 Å². The highest BCUT2D eigenvalue weighted by molar-refractivity contribution is 9.10. The molecule has 2 rings (SSSR count). The summed E-state index contributed by atoms with van der Waals surface area (Å²) in [6, 6.07) is 4.00. The van der Waals surface area contributed by atoms with Crippen molar-refractivity contribution in [2.45, 2.75) is 20.0 Å². The number of hydrogen-bond donors (Lipinski definition) is 1. The highest BCUT2D eigenvalue weighted by Crippen LogP contribution is 2.19. The quantitative estimate of drug-likeness (QED) is 0.940. The molecule has 0 fully saturated rings. The van der Waals surface area contributed by atoms with E-state index in [0.29, 0.717) is 0 Å². The minimum atomic E-state index is 0.785. The second-order valence-corrected chi connectivity index (χ2v) is 4.73. The first-order valence-electron chi connectivity index (χ1n) is 5.46. The molecule has 0 amide bonds. The third-order valence-electron chi connectivity index (χ3n) is 2.61. The third kappa shape index (κ3) is 2.92. The van der Waals surface area contributed by atoms with Gasteiger partial charge in [0.2, 0.25) is 0 Å². The molecule has 0 spiro atoms. The maximum absolute atomic E-state index is 4.35. The molecule has 0 saturated heterocycles. The molecule has 2 aromatic heterocycles. The van der Waals surface area contributed by atoms with E-state index in [1.54, 1.807) is 6.20 Å². The van der Waals surface area contributed by atoms with E-state index in [9.17, 15) is 0 Å². The van der Waals surface area contributed by atoms with Crippen molar-refractivity contribution in [3.8, 4) is 0 Å². The van der Waals surface area contributed by atoms with Crippen molar-refractivity contribution in [3.05, 3.63) is 46.0 Å². The second kappa shape index (κ2) is 5.42. The Bertz CT molecular complexity index is 493. The summed E-state index contributed by atoms with van der Waals surface area (Å²) < 4.78 is 2.98. The third-order valence-corrected chi connectivity index (χ3v) is 3.64. The molecule has 0 atom stereocenters. The first-order chi connectivity index (χ1) is 8.18. The minimum absolute atomic E-state index is 0.785. The Hall–Kier alpha value is -1.20. The number of nitrogens with zero attached hydrogens (tertiary/aromatic N) is 3. The molecule has 0 aliphatic rings. The van der Waals surface area contributed by atoms with Gasteiger partial charge in [-0.1, -0.05) is 6.07 Å². The Labute approximate surface area is 109 Å². The van der Waals surface area contributed by atoms with Crippen molar-refractivity contribution in [2.24, 2.45) is 7.05 Å². The van der Waals surface area contributed by atoms with Gasteiger partial charge >= 0.3 is 0 Å². The number of rotatable bonds is 4. The van der Waals surface area contributed by atoms with Crippen molar-refractivity contribution < 1.29 is 0 Å². The fraction of sp³-hybridized carbons (Fsp3) is 0.333. The zero-order valence-corrected chi connectivity index (χ0v) is 11.5. The topological polar surface area (TPSA) is 42.7 Å². The number of nitrogens with one attached hydrogen (secondary N) is 1. The van der Waals surface area contributed by atoms with Crippen molar-refractivity contribution in [2.75, 3.05) is 0 Å². The van der Waals surface area contributed by atoms with Crippen LogP contribution >= 0.6 is 15.9 Å². The maximum atomic E-state index is 4.35. The molecule has 0 aliphatic carbocycles. The van der Waals surface area contributed by atoms with Gasteiger partial charge in [0.05, 0.1) is 15.9 Å². The van der Waals surface area contributed by atoms with E-state index in [1.807, 2.05) is 30.9 Å². The van der Waals surface area contributed by atoms with Crippen LogP contribution in [0.2, 0.25) is 0 Å². The molecule has 90 valence electrons. The van der Waals surface area contributed by atoms with Crippen molar-refractivity contribution in [1.29, 1.82) is 0 Å². The Kier molecular flexibility index (Phi) is 3.91. The van der Waals surface area contributed by atoms with E-state index >= 15 is 0 Å². The molecule has 0 radical (unpaired) electrons. The van der Waals surface area contributed by atoms with Crippen LogP contribution in [0.15, 0.2) is 29.0 Å². The van der Waals surface area contributed by atoms with Gasteiger partial charge in [0.25, 0.3) is 0 Å². The molecule has 2 heterocycles. The van der Waals surface area contributed by atoms with Crippen LogP contribution in [0.5, 0.6) is 0 Å². The standard InChI is InChI=1S/C12H15BrN4/c1-9-12(13)11(17(2)16-9)8-15-7-10-4-3-5-14-6-10/h3-6,15H,7-8H2,1-2H3. The zero-order valence-electron chi connectivity index (χ0n) is 9.94. The van der Waals surface area contributed by atoms with Crippen LogP contribution in [-0.4, -0.2) is 14.8 Å². The monoisotopic (exact) mass is 294 g/mol. The van der Waals surface area contributed by atoms with Gasteiger partial charge in [-0.15, -0.1) is 0 Å². The Balaban J connectivity index is 1.95. The summed E-state index contributed by atoms with van der Waals surface area (Å²) in [4.78, 5) is 4.08. The fourth-order valence-electron chi connectivity index (χ4n) is 1.70. The predicted molar refractivity (Wildman–Crippen MR) is 70.4 cm³/mol. The van der Waals surface area contributed by atoms with E-state index in [-0.39, 0.29) is 0 Å². The van der Waals surface area contributed by atoms with Crippen LogP contribution in [0, 0.1) is 6.92 Å². The van der Waals surface area contributed by atoms with Gasteiger partial charge in [0, 0.05) is 32.5 Å². The van der Waals surface area contributed by atoms with Gasteiger partial charge in [0.1, 0.15) is 0 Å². The van der Waals surface area contributed by atoms with Crippen LogP contribution in [-0.2, 0) is 20.1 Å². The van der Waals surface area contributed by atoms with Gasteiger partial charge in [0.15, 0.2) is 0 Å². The number of hydrogen-bond acceptors (Lipinski definition) is 3. The Morgan fingerprint density at radius 1 is 1.41 bits per heavy atom. The molecular weight excluding hydrogens is 280 g/mol. The smallest absolute Gasteiger partial charge is 0.0739 e. The van der Waals surface area contributed by atoms with E-state index in [0.717, 1.165) is 29.0 Å². The van der Waals surface area contributed by atoms with E-state index in [2.05, 4.69) is 37.4 Å². The van der Waals surface area contributed by atoms with Crippen molar-refractivity contribution >= 4 is 15.9 Å². The number of aryl methyl sites for hydroxylation is 2.